The van der Waals surface area contributed by atoms with Crippen molar-refractivity contribution in [1.82, 2.24) is 0 Å². The second-order valence-electron chi connectivity index (χ2n) is 5.78. The van der Waals surface area contributed by atoms with Gasteiger partial charge in [-0.1, -0.05) is 13.3 Å². The Labute approximate surface area is 141 Å². The maximum absolute atomic E-state index is 13.3. The van der Waals surface area contributed by atoms with Crippen LogP contribution in [-0.4, -0.2) is 26.5 Å². The SMILES string of the molecule is CCCCN(C)c1ccc(C(=O)N(C)c2ccc(F)c(F)c2)cc1. The van der Waals surface area contributed by atoms with E-state index in [0.29, 0.717) is 11.3 Å². The fourth-order valence-corrected chi connectivity index (χ4v) is 2.39. The van der Waals surface area contributed by atoms with Crippen LogP contribution in [0.2, 0.25) is 0 Å². The van der Waals surface area contributed by atoms with Gasteiger partial charge in [-0.25, -0.2) is 8.78 Å². The third-order valence-electron chi connectivity index (χ3n) is 4.00. The Balaban J connectivity index is 2.12. The molecular formula is C19H22F2N2O. The summed E-state index contributed by atoms with van der Waals surface area (Å²) in [6.07, 6.45) is 2.23. The third kappa shape index (κ3) is 4.10. The van der Waals surface area contributed by atoms with Gasteiger partial charge in [0.1, 0.15) is 0 Å². The first kappa shape index (κ1) is 17.9. The number of benzene rings is 2. The van der Waals surface area contributed by atoms with Crippen molar-refractivity contribution in [1.29, 1.82) is 0 Å². The summed E-state index contributed by atoms with van der Waals surface area (Å²) >= 11 is 0. The lowest BCUT2D eigenvalue weighted by Gasteiger charge is -2.20. The molecule has 0 saturated heterocycles. The molecule has 0 aromatic heterocycles. The van der Waals surface area contributed by atoms with E-state index in [-0.39, 0.29) is 5.91 Å². The van der Waals surface area contributed by atoms with Gasteiger partial charge in [-0.2, -0.15) is 0 Å². The number of nitrogens with zero attached hydrogens (tertiary/aromatic N) is 2. The Morgan fingerprint density at radius 3 is 2.17 bits per heavy atom. The Hall–Kier alpha value is -2.43. The molecule has 0 heterocycles. The van der Waals surface area contributed by atoms with Gasteiger partial charge in [-0.05, 0) is 42.8 Å². The van der Waals surface area contributed by atoms with Gasteiger partial charge < -0.3 is 9.80 Å². The molecule has 0 atom stereocenters. The van der Waals surface area contributed by atoms with Crippen molar-refractivity contribution in [3.63, 3.8) is 0 Å². The topological polar surface area (TPSA) is 23.6 Å². The van der Waals surface area contributed by atoms with Crippen molar-refractivity contribution in [2.45, 2.75) is 19.8 Å². The normalized spacial score (nSPS) is 10.5. The summed E-state index contributed by atoms with van der Waals surface area (Å²) in [7, 11) is 3.55. The van der Waals surface area contributed by atoms with E-state index in [1.807, 2.05) is 19.2 Å². The predicted octanol–water partition coefficient (Wildman–Crippen LogP) is 4.48. The highest BCUT2D eigenvalue weighted by Gasteiger charge is 2.15. The summed E-state index contributed by atoms with van der Waals surface area (Å²) in [6, 6.07) is 10.7. The van der Waals surface area contributed by atoms with E-state index in [0.717, 1.165) is 37.2 Å². The summed E-state index contributed by atoms with van der Waals surface area (Å²) < 4.78 is 26.3. The fourth-order valence-electron chi connectivity index (χ4n) is 2.39. The number of amides is 1. The molecule has 128 valence electrons. The molecule has 0 aliphatic rings. The van der Waals surface area contributed by atoms with E-state index in [1.165, 1.54) is 18.0 Å². The van der Waals surface area contributed by atoms with Crippen molar-refractivity contribution in [3.05, 3.63) is 59.7 Å². The number of halogens is 2. The van der Waals surface area contributed by atoms with Gasteiger partial charge in [-0.3, -0.25) is 4.79 Å². The first-order chi connectivity index (χ1) is 11.4. The molecule has 0 N–H and O–H groups in total. The van der Waals surface area contributed by atoms with Crippen LogP contribution in [0.3, 0.4) is 0 Å². The number of hydrogen-bond acceptors (Lipinski definition) is 2. The lowest BCUT2D eigenvalue weighted by molar-refractivity contribution is 0.0993. The molecule has 3 nitrogen and oxygen atoms in total. The van der Waals surface area contributed by atoms with Crippen LogP contribution in [0.1, 0.15) is 30.1 Å². The second-order valence-corrected chi connectivity index (χ2v) is 5.78. The molecule has 0 radical (unpaired) electrons. The van der Waals surface area contributed by atoms with Gasteiger partial charge in [-0.15, -0.1) is 0 Å². The predicted molar refractivity (Wildman–Crippen MR) is 93.7 cm³/mol. The van der Waals surface area contributed by atoms with Gasteiger partial charge >= 0.3 is 0 Å². The maximum Gasteiger partial charge on any atom is 0.258 e. The van der Waals surface area contributed by atoms with Crippen LogP contribution in [0, 0.1) is 11.6 Å². The summed E-state index contributed by atoms with van der Waals surface area (Å²) in [5.74, 6) is -2.18. The zero-order chi connectivity index (χ0) is 17.7. The molecule has 2 aromatic rings. The van der Waals surface area contributed by atoms with Gasteiger partial charge in [0.15, 0.2) is 11.6 Å². The second kappa shape index (κ2) is 7.90. The van der Waals surface area contributed by atoms with E-state index in [9.17, 15) is 13.6 Å². The van der Waals surface area contributed by atoms with Crippen LogP contribution in [0.5, 0.6) is 0 Å². The number of carbonyl (C=O) groups is 1. The summed E-state index contributed by atoms with van der Waals surface area (Å²) in [6.45, 7) is 3.10. The first-order valence-electron chi connectivity index (χ1n) is 7.98. The smallest absolute Gasteiger partial charge is 0.258 e. The van der Waals surface area contributed by atoms with Gasteiger partial charge in [0, 0.05) is 43.6 Å². The zero-order valence-corrected chi connectivity index (χ0v) is 14.2. The van der Waals surface area contributed by atoms with Crippen LogP contribution < -0.4 is 9.80 Å². The Kier molecular flexibility index (Phi) is 5.90. The lowest BCUT2D eigenvalue weighted by Crippen LogP contribution is -2.26. The molecule has 5 heteroatoms. The summed E-state index contributed by atoms with van der Waals surface area (Å²) in [4.78, 5) is 15.9. The minimum absolute atomic E-state index is 0.274. The largest absolute Gasteiger partial charge is 0.375 e. The van der Waals surface area contributed by atoms with Crippen molar-refractivity contribution >= 4 is 17.3 Å². The molecule has 0 aliphatic heterocycles. The average molecular weight is 332 g/mol. The standard InChI is InChI=1S/C19H22F2N2O/c1-4-5-12-22(2)15-8-6-14(7-9-15)19(24)23(3)16-10-11-17(20)18(21)13-16/h6-11,13H,4-5,12H2,1-3H3. The van der Waals surface area contributed by atoms with Crippen LogP contribution in [-0.2, 0) is 0 Å². The highest BCUT2D eigenvalue weighted by molar-refractivity contribution is 6.05. The third-order valence-corrected chi connectivity index (χ3v) is 4.00. The quantitative estimate of drug-likeness (QED) is 0.779. The Morgan fingerprint density at radius 2 is 1.58 bits per heavy atom. The molecule has 0 unspecified atom stereocenters. The average Bonchev–Trinajstić information content (AvgIpc) is 2.60. The van der Waals surface area contributed by atoms with Crippen molar-refractivity contribution in [3.8, 4) is 0 Å². The number of anilines is 2. The number of rotatable bonds is 6. The zero-order valence-electron chi connectivity index (χ0n) is 14.2. The number of unbranched alkanes of at least 4 members (excludes halogenated alkanes) is 1. The molecule has 1 amide bonds. The lowest BCUT2D eigenvalue weighted by atomic mass is 10.1. The molecule has 0 bridgehead atoms. The van der Waals surface area contributed by atoms with Gasteiger partial charge in [0.05, 0.1) is 0 Å². The van der Waals surface area contributed by atoms with Crippen molar-refractivity contribution in [2.75, 3.05) is 30.4 Å². The van der Waals surface area contributed by atoms with E-state index in [1.54, 1.807) is 12.1 Å². The van der Waals surface area contributed by atoms with Crippen molar-refractivity contribution in [2.24, 2.45) is 0 Å². The van der Waals surface area contributed by atoms with Gasteiger partial charge in [0.2, 0.25) is 0 Å². The van der Waals surface area contributed by atoms with E-state index in [4.69, 9.17) is 0 Å². The molecule has 2 aromatic carbocycles. The summed E-state index contributed by atoms with van der Waals surface area (Å²) in [5.41, 5.74) is 1.84. The van der Waals surface area contributed by atoms with Crippen LogP contribution in [0.4, 0.5) is 20.2 Å². The minimum Gasteiger partial charge on any atom is -0.375 e. The minimum atomic E-state index is -0.972. The molecular weight excluding hydrogens is 310 g/mol. The molecule has 0 saturated carbocycles. The molecule has 0 fully saturated rings. The van der Waals surface area contributed by atoms with E-state index in [2.05, 4.69) is 11.8 Å². The van der Waals surface area contributed by atoms with Crippen LogP contribution in [0.25, 0.3) is 0 Å². The van der Waals surface area contributed by atoms with E-state index >= 15 is 0 Å². The summed E-state index contributed by atoms with van der Waals surface area (Å²) in [5, 5.41) is 0. The number of hydrogen-bond donors (Lipinski definition) is 0. The first-order valence-corrected chi connectivity index (χ1v) is 7.98. The number of carbonyl (C=O) groups excluding carboxylic acids is 1. The van der Waals surface area contributed by atoms with Crippen LogP contribution >= 0.6 is 0 Å². The Morgan fingerprint density at radius 1 is 0.958 bits per heavy atom. The van der Waals surface area contributed by atoms with Gasteiger partial charge in [0.25, 0.3) is 5.91 Å². The maximum atomic E-state index is 13.3. The molecule has 0 spiro atoms. The molecule has 24 heavy (non-hydrogen) atoms. The van der Waals surface area contributed by atoms with E-state index < -0.39 is 11.6 Å². The monoisotopic (exact) mass is 332 g/mol. The fraction of sp³-hybridized carbons (Fsp3) is 0.316. The Bertz CT molecular complexity index is 701. The van der Waals surface area contributed by atoms with Crippen LogP contribution in [0.15, 0.2) is 42.5 Å². The molecule has 2 rings (SSSR count). The highest BCUT2D eigenvalue weighted by Crippen LogP contribution is 2.20. The highest BCUT2D eigenvalue weighted by atomic mass is 19.2. The molecule has 0 aliphatic carbocycles. The van der Waals surface area contributed by atoms with Crippen molar-refractivity contribution < 1.29 is 13.6 Å².